The molecule has 0 radical (unpaired) electrons. The Morgan fingerprint density at radius 3 is 1.01 bits per heavy atom. The van der Waals surface area contributed by atoms with Gasteiger partial charge in [-0.3, -0.25) is 24.2 Å². The number of fused-ring (bicyclic) bond motifs is 3. The molecule has 24 nitrogen and oxygen atoms in total. The molecule has 0 aromatic carbocycles. The van der Waals surface area contributed by atoms with Crippen molar-refractivity contribution in [2.24, 2.45) is 0 Å². The molecule has 0 spiro atoms. The normalized spacial score (nSPS) is 26.9. The Morgan fingerprint density at radius 1 is 0.409 bits per heavy atom. The van der Waals surface area contributed by atoms with Crippen molar-refractivity contribution in [3.05, 3.63) is 53.9 Å². The van der Waals surface area contributed by atoms with E-state index in [9.17, 15) is 29.7 Å². The number of nitrogens with zero attached hydrogens (tertiary/aromatic N) is 14. The largest absolute Gasteiger partial charge is 0.393 e. The summed E-state index contributed by atoms with van der Waals surface area (Å²) in [6.45, 7) is 21.1. The highest BCUT2D eigenvalue weighted by atomic mass is 16.3. The number of aromatic nitrogens is 9. The lowest BCUT2D eigenvalue weighted by atomic mass is 9.89. The topological polar surface area (TPSA) is 268 Å². The second-order valence-corrected chi connectivity index (χ2v) is 34.9. The third-order valence-corrected chi connectivity index (χ3v) is 26.7. The molecule has 15 rings (SSSR count). The molecule has 7 N–H and O–H groups in total. The minimum atomic E-state index is -0.177. The van der Waals surface area contributed by atoms with E-state index in [1.54, 1.807) is 0 Å². The van der Waals surface area contributed by atoms with Crippen LogP contribution in [0.5, 0.6) is 0 Å². The fourth-order valence-corrected chi connectivity index (χ4v) is 20.1. The number of likely N-dealkylation sites (tertiary alicyclic amines) is 5. The van der Waals surface area contributed by atoms with Crippen LogP contribution in [-0.2, 0) is 14.4 Å². The number of likely N-dealkylation sites (N-methyl/N-ethyl adjacent to an activating group) is 2. The average Bonchev–Trinajstić information content (AvgIpc) is 1.63. The summed E-state index contributed by atoms with van der Waals surface area (Å²) in [6, 6.07) is 2.21. The molecule has 110 heavy (non-hydrogen) atoms. The molecule has 6 aliphatic heterocycles. The molecule has 12 heterocycles. The second kappa shape index (κ2) is 38.5. The number of hydrogen-bond acceptors (Lipinski definition) is 18. The standard InChI is InChI=1S/2C29H46N6O2.C28H44N6O2/c2*1-4-7-20(2)31-29-30-18-24-25(19-35(27(24)32-29)22-9-11-23(36)12-10-22)21-13-16-34(17-14-21)28(37)26-8-5-6-15-33(26)3;1-3-6-19(2)31-28-30-17-23-24(18-34(26(23)32-28)21-8-10-22(35)11-9-21)20-12-15-33(16-13-20)27(36)25-7-4-5-14-29-25/h2*18-23,26,36H,4-17H2,1-3H3,(H,30,31,32);17-22,25,29,35H,3-16H2,1-2H3,(H,30,31,32)/t20-,22?,23?,26?;20-,22?,23?,26-;19-,21?,22?,25-/m000/s1. The van der Waals surface area contributed by atoms with Crippen molar-refractivity contribution >= 4 is 68.7 Å². The van der Waals surface area contributed by atoms with Gasteiger partial charge in [0.2, 0.25) is 35.6 Å². The van der Waals surface area contributed by atoms with Crippen LogP contribution in [0.15, 0.2) is 37.2 Å². The van der Waals surface area contributed by atoms with E-state index in [1.807, 2.05) is 18.6 Å². The van der Waals surface area contributed by atoms with E-state index in [0.717, 1.165) is 285 Å². The predicted octanol–water partition coefficient (Wildman–Crippen LogP) is 13.8. The molecule has 9 aliphatic rings. The van der Waals surface area contributed by atoms with Gasteiger partial charge in [-0.2, -0.15) is 15.0 Å². The fraction of sp³-hybridized carbons (Fsp3) is 0.756. The zero-order valence-electron chi connectivity index (χ0n) is 68.2. The van der Waals surface area contributed by atoms with Gasteiger partial charge in [-0.25, -0.2) is 15.0 Å². The summed E-state index contributed by atoms with van der Waals surface area (Å²) >= 11 is 0. The highest BCUT2D eigenvalue weighted by Crippen LogP contribution is 2.43. The number of hydrogen-bond donors (Lipinski definition) is 7. The van der Waals surface area contributed by atoms with Crippen LogP contribution in [0.2, 0.25) is 0 Å². The van der Waals surface area contributed by atoms with E-state index in [4.69, 9.17) is 29.9 Å². The molecular weight excluding hydrogens is 1380 g/mol. The van der Waals surface area contributed by atoms with E-state index < -0.39 is 0 Å². The van der Waals surface area contributed by atoms with Crippen LogP contribution in [0.25, 0.3) is 33.1 Å². The summed E-state index contributed by atoms with van der Waals surface area (Å²) in [7, 11) is 4.19. The van der Waals surface area contributed by atoms with Crippen molar-refractivity contribution in [3.63, 3.8) is 0 Å². The SMILES string of the molecule is CCC[C@H](C)Nc1ncc2c(C3CCN(C(=O)C4CCCCN4C)CC3)cn(C3CCC(O)CC3)c2n1.CCC[C@H](C)Nc1ncc2c(C3CCN(C(=O)[C@@H]4CCCCN4)CC3)cn(C3CCC(O)CC3)c2n1.CCC[C@H](C)Nc1ncc2c(C3CCN(C(=O)[C@@H]4CCCCN4C)CC3)cn(C3CCC(O)CC3)c2n1. The Hall–Kier alpha value is -6.57. The Morgan fingerprint density at radius 2 is 0.718 bits per heavy atom. The summed E-state index contributed by atoms with van der Waals surface area (Å²) in [6.07, 6.45) is 45.9. The van der Waals surface area contributed by atoms with Crippen LogP contribution in [0.1, 0.15) is 306 Å². The van der Waals surface area contributed by atoms with Crippen LogP contribution in [0, 0.1) is 0 Å². The summed E-state index contributed by atoms with van der Waals surface area (Å²) < 4.78 is 7.13. The Bertz CT molecular complexity index is 3750. The van der Waals surface area contributed by atoms with Crippen LogP contribution in [0.3, 0.4) is 0 Å². The van der Waals surface area contributed by atoms with Crippen molar-refractivity contribution in [1.82, 2.24) is 73.4 Å². The number of carbonyl (C=O) groups is 3. The van der Waals surface area contributed by atoms with Crippen molar-refractivity contribution in [3.8, 4) is 0 Å². The van der Waals surface area contributed by atoms with Gasteiger partial charge in [0.05, 0.1) is 36.4 Å². The van der Waals surface area contributed by atoms with Crippen molar-refractivity contribution < 1.29 is 29.7 Å². The molecule has 0 bridgehead atoms. The summed E-state index contributed by atoms with van der Waals surface area (Å²) in [5.41, 5.74) is 7.02. The lowest BCUT2D eigenvalue weighted by Crippen LogP contribution is -2.51. The third-order valence-electron chi connectivity index (χ3n) is 26.7. The van der Waals surface area contributed by atoms with Gasteiger partial charge < -0.3 is 65.0 Å². The van der Waals surface area contributed by atoms with E-state index >= 15 is 0 Å². The first-order valence-corrected chi connectivity index (χ1v) is 43.9. The highest BCUT2D eigenvalue weighted by molar-refractivity contribution is 5.86. The van der Waals surface area contributed by atoms with Crippen LogP contribution < -0.4 is 21.3 Å². The van der Waals surface area contributed by atoms with E-state index in [2.05, 4.69) is 134 Å². The molecule has 24 heteroatoms. The lowest BCUT2D eigenvalue weighted by Gasteiger charge is -2.38. The zero-order valence-corrected chi connectivity index (χ0v) is 68.2. The first-order valence-electron chi connectivity index (χ1n) is 43.9. The molecule has 1 unspecified atom stereocenters. The molecule has 6 atom stereocenters. The van der Waals surface area contributed by atoms with Gasteiger partial charge in [-0.05, 0) is 262 Å². The molecule has 6 saturated heterocycles. The maximum absolute atomic E-state index is 13.3. The van der Waals surface area contributed by atoms with Crippen LogP contribution in [0.4, 0.5) is 17.8 Å². The molecule has 9 fully saturated rings. The summed E-state index contributed by atoms with van der Waals surface area (Å²) in [5.74, 6) is 4.27. The molecule has 3 saturated carbocycles. The zero-order chi connectivity index (χ0) is 77.0. The maximum Gasteiger partial charge on any atom is 0.239 e. The minimum absolute atomic E-state index is 0.00767. The summed E-state index contributed by atoms with van der Waals surface area (Å²) in [4.78, 5) is 79.6. The average molecular weight is 1520 g/mol. The number of nitrogens with one attached hydrogen (secondary N) is 4. The number of rotatable bonds is 21. The van der Waals surface area contributed by atoms with Gasteiger partial charge in [-0.15, -0.1) is 0 Å². The minimum Gasteiger partial charge on any atom is -0.393 e. The third kappa shape index (κ3) is 19.8. The number of carbonyl (C=O) groups excluding carboxylic acids is 3. The van der Waals surface area contributed by atoms with Crippen molar-refractivity contribution in [1.29, 1.82) is 0 Å². The van der Waals surface area contributed by atoms with E-state index in [-0.39, 0.29) is 42.3 Å². The van der Waals surface area contributed by atoms with Crippen LogP contribution >= 0.6 is 0 Å². The van der Waals surface area contributed by atoms with Crippen LogP contribution in [-0.4, -0.2) is 229 Å². The number of amides is 3. The number of piperidine rings is 6. The number of anilines is 3. The van der Waals surface area contributed by atoms with Crippen molar-refractivity contribution in [2.75, 3.05) is 88.9 Å². The molecular formula is C86H136N18O6. The van der Waals surface area contributed by atoms with Gasteiger partial charge in [0.15, 0.2) is 0 Å². The van der Waals surface area contributed by atoms with E-state index in [1.165, 1.54) is 36.0 Å². The first-order chi connectivity index (χ1) is 53.4. The predicted molar refractivity (Wildman–Crippen MR) is 439 cm³/mol. The second-order valence-electron chi connectivity index (χ2n) is 34.9. The Kier molecular flexibility index (Phi) is 28.5. The smallest absolute Gasteiger partial charge is 0.239 e. The summed E-state index contributed by atoms with van der Waals surface area (Å²) in [5, 5.41) is 47.6. The molecule has 6 aromatic heterocycles. The molecule has 606 valence electrons. The van der Waals surface area contributed by atoms with Gasteiger partial charge in [0.25, 0.3) is 0 Å². The van der Waals surface area contributed by atoms with Crippen molar-refractivity contribution in [2.45, 2.75) is 344 Å². The molecule has 6 aromatic rings. The Labute approximate surface area is 655 Å². The maximum atomic E-state index is 13.3. The van der Waals surface area contributed by atoms with Gasteiger partial charge in [-0.1, -0.05) is 59.3 Å². The molecule has 3 amide bonds. The first kappa shape index (κ1) is 81.4. The van der Waals surface area contributed by atoms with Gasteiger partial charge >= 0.3 is 0 Å². The molecule has 3 aliphatic carbocycles. The van der Waals surface area contributed by atoms with Gasteiger partial charge in [0.1, 0.15) is 16.9 Å². The quantitative estimate of drug-likeness (QED) is 0.0353. The highest BCUT2D eigenvalue weighted by Gasteiger charge is 2.38. The monoisotopic (exact) mass is 1520 g/mol. The van der Waals surface area contributed by atoms with Gasteiger partial charge in [0, 0.05) is 129 Å². The van der Waals surface area contributed by atoms with E-state index in [0.29, 0.717) is 83.7 Å². The number of aliphatic hydroxyl groups excluding tert-OH is 3. The number of aliphatic hydroxyl groups is 3. The fourth-order valence-electron chi connectivity index (χ4n) is 20.1. The lowest BCUT2D eigenvalue weighted by molar-refractivity contribution is -0.139. The Balaban J connectivity index is 0.000000145.